The molecule has 0 N–H and O–H groups in total. The molecular formula is C33H28N4O. The van der Waals surface area contributed by atoms with Gasteiger partial charge < -0.3 is 4.90 Å². The Morgan fingerprint density at radius 2 is 1.68 bits per heavy atom. The Morgan fingerprint density at radius 1 is 0.895 bits per heavy atom. The first-order valence-corrected chi connectivity index (χ1v) is 13.0. The summed E-state index contributed by atoms with van der Waals surface area (Å²) in [6, 6.07) is 22.7. The van der Waals surface area contributed by atoms with Crippen molar-refractivity contribution in [2.45, 2.75) is 37.4 Å². The summed E-state index contributed by atoms with van der Waals surface area (Å²) in [7, 11) is 0. The molecule has 186 valence electrons. The molecule has 3 aromatic rings. The van der Waals surface area contributed by atoms with E-state index in [4.69, 9.17) is 0 Å². The molecule has 0 saturated carbocycles. The molecule has 0 spiro atoms. The zero-order valence-electron chi connectivity index (χ0n) is 21.1. The van der Waals surface area contributed by atoms with Crippen molar-refractivity contribution in [3.63, 3.8) is 0 Å². The Balaban J connectivity index is 1.55. The molecule has 38 heavy (non-hydrogen) atoms. The largest absolute Gasteiger partial charge is 0.354 e. The van der Waals surface area contributed by atoms with Crippen molar-refractivity contribution in [3.05, 3.63) is 148 Å². The van der Waals surface area contributed by atoms with E-state index in [1.165, 1.54) is 27.8 Å². The van der Waals surface area contributed by atoms with E-state index < -0.39 is 5.54 Å². The van der Waals surface area contributed by atoms with Crippen LogP contribution in [0.5, 0.6) is 0 Å². The number of aldehydes is 1. The Bertz CT molecular complexity index is 1560. The van der Waals surface area contributed by atoms with Gasteiger partial charge in [0.25, 0.3) is 0 Å². The van der Waals surface area contributed by atoms with Gasteiger partial charge in [0.05, 0.1) is 6.04 Å². The lowest BCUT2D eigenvalue weighted by atomic mass is 9.72. The summed E-state index contributed by atoms with van der Waals surface area (Å²) in [5.41, 5.74) is 17.7. The van der Waals surface area contributed by atoms with Crippen LogP contribution in [0.15, 0.2) is 115 Å². The summed E-state index contributed by atoms with van der Waals surface area (Å²) in [6.07, 6.45) is 17.3. The van der Waals surface area contributed by atoms with E-state index in [-0.39, 0.29) is 6.04 Å². The number of benzene rings is 3. The zero-order valence-corrected chi connectivity index (χ0v) is 21.1. The number of fused-ring (bicyclic) bond motifs is 5. The standard InChI is InChI=1S/C33H28N4O/c34-36-35-26-20-31-29-15-14-25-12-6-7-13-27(25)28(29)16-17-30(31)32(21-26)33(23-38)18-8-1-2-9-19-37(33)22-24-10-4-3-5-11-24/h1-13,16-19,21,23,26H,14-15,20,22H2. The number of carbonyl (C=O) groups excluding carboxylic acids is 1. The molecule has 1 aliphatic heterocycles. The van der Waals surface area contributed by atoms with Crippen molar-refractivity contribution in [1.29, 1.82) is 0 Å². The van der Waals surface area contributed by atoms with Crippen LogP contribution in [-0.2, 0) is 30.6 Å². The summed E-state index contributed by atoms with van der Waals surface area (Å²) in [4.78, 5) is 18.5. The molecule has 6 rings (SSSR count). The third-order valence-corrected chi connectivity index (χ3v) is 7.88. The van der Waals surface area contributed by atoms with E-state index in [0.717, 1.165) is 35.8 Å². The van der Waals surface area contributed by atoms with E-state index in [2.05, 4.69) is 63.5 Å². The molecule has 0 saturated heterocycles. The van der Waals surface area contributed by atoms with Gasteiger partial charge in [-0.3, -0.25) is 4.79 Å². The van der Waals surface area contributed by atoms with Crippen LogP contribution in [0.4, 0.5) is 0 Å². The number of aryl methyl sites for hydroxylation is 1. The summed E-state index contributed by atoms with van der Waals surface area (Å²) in [5, 5.41) is 4.15. The highest BCUT2D eigenvalue weighted by molar-refractivity contribution is 5.96. The lowest BCUT2D eigenvalue weighted by molar-refractivity contribution is -0.112. The number of carbonyl (C=O) groups is 1. The minimum Gasteiger partial charge on any atom is -0.354 e. The number of hydrogen-bond acceptors (Lipinski definition) is 3. The van der Waals surface area contributed by atoms with Gasteiger partial charge in [0.2, 0.25) is 0 Å². The Labute approximate surface area is 222 Å². The second kappa shape index (κ2) is 10.0. The molecule has 5 heteroatoms. The molecule has 0 amide bonds. The van der Waals surface area contributed by atoms with Crippen molar-refractivity contribution < 1.29 is 4.79 Å². The number of azide groups is 1. The lowest BCUT2D eigenvalue weighted by Gasteiger charge is -2.42. The zero-order chi connectivity index (χ0) is 26.0. The summed E-state index contributed by atoms with van der Waals surface area (Å²) < 4.78 is 0. The van der Waals surface area contributed by atoms with Gasteiger partial charge >= 0.3 is 0 Å². The predicted molar refractivity (Wildman–Crippen MR) is 152 cm³/mol. The number of allylic oxidation sites excluding steroid dienone is 4. The van der Waals surface area contributed by atoms with Gasteiger partial charge in [-0.1, -0.05) is 96.1 Å². The molecule has 3 aromatic carbocycles. The molecular weight excluding hydrogens is 468 g/mol. The molecule has 3 aliphatic rings. The van der Waals surface area contributed by atoms with E-state index >= 15 is 0 Å². The van der Waals surface area contributed by atoms with Gasteiger partial charge in [0.15, 0.2) is 6.29 Å². The van der Waals surface area contributed by atoms with E-state index in [0.29, 0.717) is 13.0 Å². The first-order valence-electron chi connectivity index (χ1n) is 13.0. The maximum absolute atomic E-state index is 13.3. The molecule has 0 radical (unpaired) electrons. The molecule has 2 atom stereocenters. The van der Waals surface area contributed by atoms with E-state index in [1.54, 1.807) is 0 Å². The van der Waals surface area contributed by atoms with Crippen molar-refractivity contribution in [2.24, 2.45) is 5.11 Å². The van der Waals surface area contributed by atoms with Gasteiger partial charge in [0, 0.05) is 17.7 Å². The molecule has 5 nitrogen and oxygen atoms in total. The third-order valence-electron chi connectivity index (χ3n) is 7.88. The fourth-order valence-corrected chi connectivity index (χ4v) is 6.10. The quantitative estimate of drug-likeness (QED) is 0.163. The smallest absolute Gasteiger partial charge is 0.154 e. The van der Waals surface area contributed by atoms with E-state index in [9.17, 15) is 10.3 Å². The maximum atomic E-state index is 13.3. The number of nitrogens with zero attached hydrogens (tertiary/aromatic N) is 4. The van der Waals surface area contributed by atoms with Crippen LogP contribution >= 0.6 is 0 Å². The van der Waals surface area contributed by atoms with Gasteiger partial charge in [-0.25, -0.2) is 0 Å². The van der Waals surface area contributed by atoms with Gasteiger partial charge in [-0.05, 0) is 81.5 Å². The minimum atomic E-state index is -1.07. The average Bonchev–Trinajstić information content (AvgIpc) is 2.95. The number of rotatable bonds is 5. The molecule has 2 aliphatic carbocycles. The second-order valence-corrected chi connectivity index (χ2v) is 9.97. The topological polar surface area (TPSA) is 69.1 Å². The van der Waals surface area contributed by atoms with Crippen LogP contribution in [-0.4, -0.2) is 22.8 Å². The summed E-state index contributed by atoms with van der Waals surface area (Å²) in [6.45, 7) is 0.547. The van der Waals surface area contributed by atoms with Crippen LogP contribution in [0.2, 0.25) is 0 Å². The highest BCUT2D eigenvalue weighted by Crippen LogP contribution is 2.45. The fourth-order valence-electron chi connectivity index (χ4n) is 6.10. The molecule has 1 heterocycles. The Hall–Kier alpha value is -4.60. The Morgan fingerprint density at radius 3 is 2.53 bits per heavy atom. The predicted octanol–water partition coefficient (Wildman–Crippen LogP) is 7.15. The first kappa shape index (κ1) is 23.8. The normalized spacial score (nSPS) is 21.2. The van der Waals surface area contributed by atoms with Crippen LogP contribution < -0.4 is 0 Å². The van der Waals surface area contributed by atoms with Crippen LogP contribution in [0.3, 0.4) is 0 Å². The number of hydrogen-bond donors (Lipinski definition) is 0. The van der Waals surface area contributed by atoms with Crippen molar-refractivity contribution >= 4 is 11.9 Å². The fraction of sp³-hybridized carbons (Fsp3) is 0.182. The highest BCUT2D eigenvalue weighted by atomic mass is 16.1. The maximum Gasteiger partial charge on any atom is 0.154 e. The van der Waals surface area contributed by atoms with Gasteiger partial charge in [-0.15, -0.1) is 0 Å². The van der Waals surface area contributed by atoms with Crippen molar-refractivity contribution in [3.8, 4) is 11.1 Å². The second-order valence-electron chi connectivity index (χ2n) is 9.97. The van der Waals surface area contributed by atoms with Gasteiger partial charge in [0.1, 0.15) is 5.54 Å². The average molecular weight is 497 g/mol. The summed E-state index contributed by atoms with van der Waals surface area (Å²) >= 11 is 0. The van der Waals surface area contributed by atoms with Crippen molar-refractivity contribution in [1.82, 2.24) is 4.90 Å². The van der Waals surface area contributed by atoms with Gasteiger partial charge in [-0.2, -0.15) is 0 Å². The third kappa shape index (κ3) is 4.07. The molecule has 0 bridgehead atoms. The SMILES string of the molecule is [N-]=[N+]=NC1C=C(C2(C=O)C=CC=CC=CN2Cc2ccccc2)c2ccc3c(c2C1)CCc1ccccc1-3. The van der Waals surface area contributed by atoms with Crippen molar-refractivity contribution in [2.75, 3.05) is 0 Å². The first-order chi connectivity index (χ1) is 18.7. The highest BCUT2D eigenvalue weighted by Gasteiger charge is 2.41. The lowest BCUT2D eigenvalue weighted by Crippen LogP contribution is -2.47. The summed E-state index contributed by atoms with van der Waals surface area (Å²) in [5.74, 6) is 0. The van der Waals surface area contributed by atoms with Crippen LogP contribution in [0.1, 0.15) is 27.8 Å². The van der Waals surface area contributed by atoms with Crippen LogP contribution in [0.25, 0.3) is 27.1 Å². The monoisotopic (exact) mass is 496 g/mol. The minimum absolute atomic E-state index is 0.375. The van der Waals surface area contributed by atoms with E-state index in [1.807, 2.05) is 60.9 Å². The van der Waals surface area contributed by atoms with Crippen LogP contribution in [0, 0.1) is 0 Å². The molecule has 0 aromatic heterocycles. The molecule has 2 unspecified atom stereocenters. The Kier molecular flexibility index (Phi) is 6.28. The molecule has 0 fully saturated rings.